The number of hydrogen-bond acceptors (Lipinski definition) is 3. The second-order valence-corrected chi connectivity index (χ2v) is 5.62. The van der Waals surface area contributed by atoms with E-state index in [1.165, 1.54) is 6.54 Å². The van der Waals surface area contributed by atoms with Gasteiger partial charge in [0.25, 0.3) is 0 Å². The highest BCUT2D eigenvalue weighted by Gasteiger charge is 2.22. The van der Waals surface area contributed by atoms with E-state index in [0.717, 1.165) is 51.0 Å². The summed E-state index contributed by atoms with van der Waals surface area (Å²) in [7, 11) is 0. The average molecular weight is 242 g/mol. The third-order valence-corrected chi connectivity index (χ3v) is 3.80. The molecule has 0 radical (unpaired) electrons. The van der Waals surface area contributed by atoms with E-state index < -0.39 is 0 Å². The van der Waals surface area contributed by atoms with Crippen LogP contribution in [0.5, 0.6) is 0 Å². The Balaban J connectivity index is 2.23. The van der Waals surface area contributed by atoms with Crippen molar-refractivity contribution in [2.45, 2.75) is 40.2 Å². The van der Waals surface area contributed by atoms with Gasteiger partial charge in [-0.25, -0.2) is 0 Å². The normalized spacial score (nSPS) is 24.2. The second kappa shape index (κ2) is 8.06. The maximum Gasteiger partial charge on any atom is 0.0714 e. The molecule has 0 spiro atoms. The van der Waals surface area contributed by atoms with Crippen molar-refractivity contribution in [3.05, 3.63) is 0 Å². The maximum atomic E-state index is 5.82. The Kier molecular flexibility index (Phi) is 7.09. The van der Waals surface area contributed by atoms with Gasteiger partial charge in [-0.2, -0.15) is 0 Å². The number of ether oxygens (including phenoxy) is 1. The summed E-state index contributed by atoms with van der Waals surface area (Å²) in [5, 5.41) is 3.37. The molecule has 17 heavy (non-hydrogen) atoms. The van der Waals surface area contributed by atoms with E-state index in [1.54, 1.807) is 0 Å². The van der Waals surface area contributed by atoms with Crippen LogP contribution in [0, 0.1) is 11.8 Å². The van der Waals surface area contributed by atoms with Gasteiger partial charge in [0.15, 0.2) is 0 Å². The quantitative estimate of drug-likeness (QED) is 0.691. The monoisotopic (exact) mass is 242 g/mol. The molecule has 1 N–H and O–H groups in total. The summed E-state index contributed by atoms with van der Waals surface area (Å²) in [6.45, 7) is 15.6. The topological polar surface area (TPSA) is 24.5 Å². The summed E-state index contributed by atoms with van der Waals surface area (Å²) in [5.74, 6) is 1.56. The Hall–Kier alpha value is -0.120. The van der Waals surface area contributed by atoms with Crippen LogP contribution in [0.2, 0.25) is 0 Å². The standard InChI is InChI=1S/C14H30N2O/c1-5-15-7-6-14-11-16(8-9-17-14)10-13(4)12(2)3/h12-15H,5-11H2,1-4H3. The molecule has 3 heteroatoms. The van der Waals surface area contributed by atoms with Gasteiger partial charge in [-0.3, -0.25) is 4.90 Å². The molecule has 0 saturated carbocycles. The van der Waals surface area contributed by atoms with E-state index in [9.17, 15) is 0 Å². The van der Waals surface area contributed by atoms with E-state index >= 15 is 0 Å². The summed E-state index contributed by atoms with van der Waals surface area (Å²) in [6, 6.07) is 0. The molecule has 102 valence electrons. The summed E-state index contributed by atoms with van der Waals surface area (Å²) < 4.78 is 5.82. The SMILES string of the molecule is CCNCCC1CN(CC(C)C(C)C)CCO1. The number of nitrogens with zero attached hydrogens (tertiary/aromatic N) is 1. The van der Waals surface area contributed by atoms with E-state index in [1.807, 2.05) is 0 Å². The molecule has 1 aliphatic rings. The van der Waals surface area contributed by atoms with Gasteiger partial charge < -0.3 is 10.1 Å². The van der Waals surface area contributed by atoms with Crippen LogP contribution < -0.4 is 5.32 Å². The highest BCUT2D eigenvalue weighted by atomic mass is 16.5. The second-order valence-electron chi connectivity index (χ2n) is 5.62. The molecule has 2 atom stereocenters. The van der Waals surface area contributed by atoms with Gasteiger partial charge in [-0.05, 0) is 31.3 Å². The fourth-order valence-corrected chi connectivity index (χ4v) is 2.18. The van der Waals surface area contributed by atoms with Crippen LogP contribution in [0.4, 0.5) is 0 Å². The fraction of sp³-hybridized carbons (Fsp3) is 1.00. The number of hydrogen-bond donors (Lipinski definition) is 1. The Bertz CT molecular complexity index is 197. The van der Waals surface area contributed by atoms with Crippen molar-refractivity contribution in [3.63, 3.8) is 0 Å². The molecule has 1 saturated heterocycles. The largest absolute Gasteiger partial charge is 0.376 e. The predicted octanol–water partition coefficient (Wildman–Crippen LogP) is 1.98. The Morgan fingerprint density at radius 2 is 2.12 bits per heavy atom. The fourth-order valence-electron chi connectivity index (χ4n) is 2.18. The number of nitrogens with one attached hydrogen (secondary N) is 1. The van der Waals surface area contributed by atoms with Crippen LogP contribution in [-0.2, 0) is 4.74 Å². The maximum absolute atomic E-state index is 5.82. The predicted molar refractivity (Wildman–Crippen MR) is 73.3 cm³/mol. The minimum absolute atomic E-state index is 0.433. The zero-order valence-corrected chi connectivity index (χ0v) is 12.0. The first-order valence-electron chi connectivity index (χ1n) is 7.18. The first-order valence-corrected chi connectivity index (χ1v) is 7.18. The average Bonchev–Trinajstić information content (AvgIpc) is 2.30. The Morgan fingerprint density at radius 1 is 1.35 bits per heavy atom. The molecule has 0 aliphatic carbocycles. The summed E-state index contributed by atoms with van der Waals surface area (Å²) >= 11 is 0. The minimum atomic E-state index is 0.433. The van der Waals surface area contributed by atoms with Crippen molar-refractivity contribution in [2.75, 3.05) is 39.3 Å². The summed E-state index contributed by atoms with van der Waals surface area (Å²) in [4.78, 5) is 2.57. The number of rotatable bonds is 7. The van der Waals surface area contributed by atoms with Gasteiger partial charge in [-0.15, -0.1) is 0 Å². The zero-order chi connectivity index (χ0) is 12.7. The van der Waals surface area contributed by atoms with Crippen molar-refractivity contribution >= 4 is 0 Å². The van der Waals surface area contributed by atoms with Crippen LogP contribution in [0.1, 0.15) is 34.1 Å². The molecule has 0 aromatic carbocycles. The minimum Gasteiger partial charge on any atom is -0.376 e. The van der Waals surface area contributed by atoms with Crippen molar-refractivity contribution in [2.24, 2.45) is 11.8 Å². The zero-order valence-electron chi connectivity index (χ0n) is 12.0. The van der Waals surface area contributed by atoms with Crippen LogP contribution in [0.15, 0.2) is 0 Å². The first-order chi connectivity index (χ1) is 8.13. The first kappa shape index (κ1) is 14.9. The molecule has 3 nitrogen and oxygen atoms in total. The third-order valence-electron chi connectivity index (χ3n) is 3.80. The molecular formula is C14H30N2O. The molecule has 1 fully saturated rings. The Labute approximate surface area is 107 Å². The molecule has 2 unspecified atom stereocenters. The van der Waals surface area contributed by atoms with Crippen molar-refractivity contribution < 1.29 is 4.74 Å². The van der Waals surface area contributed by atoms with Crippen molar-refractivity contribution in [3.8, 4) is 0 Å². The third kappa shape index (κ3) is 5.84. The van der Waals surface area contributed by atoms with E-state index in [4.69, 9.17) is 4.74 Å². The van der Waals surface area contributed by atoms with Crippen LogP contribution in [-0.4, -0.2) is 50.3 Å². The highest BCUT2D eigenvalue weighted by Crippen LogP contribution is 2.15. The molecule has 0 aromatic heterocycles. The molecule has 1 rings (SSSR count). The molecule has 1 heterocycles. The Morgan fingerprint density at radius 3 is 2.76 bits per heavy atom. The van der Waals surface area contributed by atoms with Gasteiger partial charge in [0, 0.05) is 19.6 Å². The lowest BCUT2D eigenvalue weighted by Crippen LogP contribution is -2.45. The lowest BCUT2D eigenvalue weighted by Gasteiger charge is -2.35. The van der Waals surface area contributed by atoms with Crippen LogP contribution in [0.3, 0.4) is 0 Å². The lowest BCUT2D eigenvalue weighted by atomic mass is 9.97. The van der Waals surface area contributed by atoms with Gasteiger partial charge in [-0.1, -0.05) is 27.7 Å². The molecular weight excluding hydrogens is 212 g/mol. The molecule has 1 aliphatic heterocycles. The highest BCUT2D eigenvalue weighted by molar-refractivity contribution is 4.74. The molecule has 0 aromatic rings. The molecule has 0 amide bonds. The van der Waals surface area contributed by atoms with Gasteiger partial charge >= 0.3 is 0 Å². The van der Waals surface area contributed by atoms with E-state index in [2.05, 4.69) is 37.9 Å². The van der Waals surface area contributed by atoms with Gasteiger partial charge in [0.1, 0.15) is 0 Å². The molecule has 0 bridgehead atoms. The van der Waals surface area contributed by atoms with Gasteiger partial charge in [0.2, 0.25) is 0 Å². The van der Waals surface area contributed by atoms with Crippen molar-refractivity contribution in [1.82, 2.24) is 10.2 Å². The van der Waals surface area contributed by atoms with E-state index in [0.29, 0.717) is 6.10 Å². The van der Waals surface area contributed by atoms with Crippen LogP contribution in [0.25, 0.3) is 0 Å². The number of morpholine rings is 1. The summed E-state index contributed by atoms with van der Waals surface area (Å²) in [6.07, 6.45) is 1.57. The van der Waals surface area contributed by atoms with Crippen molar-refractivity contribution in [1.29, 1.82) is 0 Å². The van der Waals surface area contributed by atoms with Crippen LogP contribution >= 0.6 is 0 Å². The lowest BCUT2D eigenvalue weighted by molar-refractivity contribution is -0.0369. The smallest absolute Gasteiger partial charge is 0.0714 e. The van der Waals surface area contributed by atoms with E-state index in [-0.39, 0.29) is 0 Å². The summed E-state index contributed by atoms with van der Waals surface area (Å²) in [5.41, 5.74) is 0. The van der Waals surface area contributed by atoms with Gasteiger partial charge in [0.05, 0.1) is 12.7 Å².